The minimum Gasteiger partial charge on any atom is -0.455 e. The standard InChI is InChI=1S/C38H45N3O7/c1-3-13-25(2)40-21-12-20-38-33(35(44)41(34(38)36(40)45)28(24-42)22-26-14-6-4-7-15-26)32-29(48-38)18-10-11-19-31(43)39-23-30(47-37(32)46)27-16-8-5-9-17-27/h4-10,12,14-18,20,25,28-30,32-34,42H,3,11,13,19,21-24H2,1-2H3,(H,39,43)/b18-10-/t25?,28-,29-,30+,32+,33+,34-,38+/m1/s1. The molecule has 0 saturated carbocycles. The first-order valence-corrected chi connectivity index (χ1v) is 17.1. The highest BCUT2D eigenvalue weighted by Gasteiger charge is 2.72. The summed E-state index contributed by atoms with van der Waals surface area (Å²) in [6, 6.07) is 16.8. The third-order valence-corrected chi connectivity index (χ3v) is 10.2. The molecule has 6 rings (SSSR count). The summed E-state index contributed by atoms with van der Waals surface area (Å²) >= 11 is 0. The molecule has 1 spiro atoms. The molecule has 3 amide bonds. The second-order valence-corrected chi connectivity index (χ2v) is 13.3. The van der Waals surface area contributed by atoms with Crippen molar-refractivity contribution in [2.75, 3.05) is 19.7 Å². The number of nitrogens with one attached hydrogen (secondary N) is 1. The van der Waals surface area contributed by atoms with Gasteiger partial charge in [-0.25, -0.2) is 0 Å². The first-order chi connectivity index (χ1) is 23.3. The third-order valence-electron chi connectivity index (χ3n) is 10.2. The number of aliphatic hydroxyl groups excluding tert-OH is 1. The van der Waals surface area contributed by atoms with Crippen molar-refractivity contribution in [1.82, 2.24) is 15.1 Å². The van der Waals surface area contributed by atoms with Crippen LogP contribution in [-0.2, 0) is 35.1 Å². The molecule has 48 heavy (non-hydrogen) atoms. The number of hydrogen-bond acceptors (Lipinski definition) is 7. The van der Waals surface area contributed by atoms with Gasteiger partial charge in [0, 0.05) is 19.0 Å². The fourth-order valence-corrected chi connectivity index (χ4v) is 7.86. The molecule has 254 valence electrons. The molecule has 0 radical (unpaired) electrons. The van der Waals surface area contributed by atoms with Gasteiger partial charge in [-0.3, -0.25) is 19.2 Å². The number of esters is 1. The largest absolute Gasteiger partial charge is 0.455 e. The van der Waals surface area contributed by atoms with Gasteiger partial charge in [0.15, 0.2) is 0 Å². The highest BCUT2D eigenvalue weighted by molar-refractivity contribution is 5.99. The highest BCUT2D eigenvalue weighted by atomic mass is 16.6. The first kappa shape index (κ1) is 33.6. The van der Waals surface area contributed by atoms with Gasteiger partial charge in [-0.15, -0.1) is 0 Å². The quantitative estimate of drug-likeness (QED) is 0.330. The topological polar surface area (TPSA) is 125 Å². The lowest BCUT2D eigenvalue weighted by Gasteiger charge is -2.40. The summed E-state index contributed by atoms with van der Waals surface area (Å²) in [5, 5.41) is 13.7. The Balaban J connectivity index is 1.45. The van der Waals surface area contributed by atoms with Crippen LogP contribution in [-0.4, -0.2) is 88.1 Å². The van der Waals surface area contributed by atoms with E-state index in [9.17, 15) is 24.3 Å². The molecule has 0 aliphatic carbocycles. The zero-order chi connectivity index (χ0) is 33.8. The predicted octanol–water partition coefficient (Wildman–Crippen LogP) is 3.51. The molecule has 2 fully saturated rings. The number of rotatable bonds is 8. The van der Waals surface area contributed by atoms with Gasteiger partial charge < -0.3 is 29.7 Å². The minimum atomic E-state index is -1.48. The Kier molecular flexibility index (Phi) is 10.1. The van der Waals surface area contributed by atoms with Crippen molar-refractivity contribution in [2.24, 2.45) is 11.8 Å². The van der Waals surface area contributed by atoms with E-state index in [-0.39, 0.29) is 37.4 Å². The molecular weight excluding hydrogens is 610 g/mol. The van der Waals surface area contributed by atoms with E-state index in [1.165, 1.54) is 4.90 Å². The van der Waals surface area contributed by atoms with E-state index in [0.29, 0.717) is 24.9 Å². The molecule has 10 nitrogen and oxygen atoms in total. The normalized spacial score (nSPS) is 30.9. The number of likely N-dealkylation sites (tertiary alicyclic amines) is 1. The van der Waals surface area contributed by atoms with E-state index < -0.39 is 53.6 Å². The Bertz CT molecular complexity index is 1550. The van der Waals surface area contributed by atoms with E-state index in [0.717, 1.165) is 18.4 Å². The molecule has 2 aromatic rings. The lowest BCUT2D eigenvalue weighted by molar-refractivity contribution is -0.161. The number of allylic oxidation sites excluding steroid dienone is 1. The fraction of sp³-hybridized carbons (Fsp3) is 0.474. The molecule has 4 aliphatic heterocycles. The third kappa shape index (κ3) is 6.31. The zero-order valence-electron chi connectivity index (χ0n) is 27.6. The lowest BCUT2D eigenvalue weighted by Crippen LogP contribution is -2.59. The Hall–Kier alpha value is -4.28. The molecular formula is C38H45N3O7. The van der Waals surface area contributed by atoms with E-state index in [1.54, 1.807) is 23.1 Å². The number of aliphatic hydroxyl groups is 1. The van der Waals surface area contributed by atoms with Gasteiger partial charge in [0.1, 0.15) is 23.7 Å². The smallest absolute Gasteiger partial charge is 0.313 e. The summed E-state index contributed by atoms with van der Waals surface area (Å²) in [5.74, 6) is -3.66. The van der Waals surface area contributed by atoms with Crippen LogP contribution in [0.15, 0.2) is 85.0 Å². The first-order valence-electron chi connectivity index (χ1n) is 17.1. The van der Waals surface area contributed by atoms with Crippen LogP contribution in [0, 0.1) is 11.8 Å². The van der Waals surface area contributed by atoms with E-state index in [4.69, 9.17) is 9.47 Å². The summed E-state index contributed by atoms with van der Waals surface area (Å²) in [6.07, 6.45) is 8.13. The van der Waals surface area contributed by atoms with E-state index >= 15 is 0 Å². The van der Waals surface area contributed by atoms with Crippen molar-refractivity contribution in [3.8, 4) is 0 Å². The lowest BCUT2D eigenvalue weighted by atomic mass is 9.77. The molecule has 0 aromatic heterocycles. The maximum atomic E-state index is 14.9. The van der Waals surface area contributed by atoms with Crippen molar-refractivity contribution >= 4 is 23.7 Å². The molecule has 1 unspecified atom stereocenters. The molecule has 0 bridgehead atoms. The van der Waals surface area contributed by atoms with Crippen LogP contribution in [0.2, 0.25) is 0 Å². The second kappa shape index (κ2) is 14.5. The molecule has 8 atom stereocenters. The number of benzene rings is 2. The van der Waals surface area contributed by atoms with Crippen molar-refractivity contribution in [1.29, 1.82) is 0 Å². The number of hydrogen-bond donors (Lipinski definition) is 2. The molecule has 4 heterocycles. The Morgan fingerprint density at radius 3 is 2.44 bits per heavy atom. The van der Waals surface area contributed by atoms with Crippen LogP contribution in [0.4, 0.5) is 0 Å². The maximum Gasteiger partial charge on any atom is 0.313 e. The summed E-state index contributed by atoms with van der Waals surface area (Å²) in [5.41, 5.74) is 0.131. The van der Waals surface area contributed by atoms with Gasteiger partial charge in [-0.1, -0.05) is 98.3 Å². The second-order valence-electron chi connectivity index (χ2n) is 13.3. The van der Waals surface area contributed by atoms with Crippen LogP contribution in [0.1, 0.15) is 56.8 Å². The van der Waals surface area contributed by atoms with Crippen LogP contribution in [0.25, 0.3) is 0 Å². The Morgan fingerprint density at radius 1 is 1.00 bits per heavy atom. The Labute approximate surface area is 281 Å². The number of cyclic esters (lactones) is 1. The average Bonchev–Trinajstić information content (AvgIpc) is 3.48. The van der Waals surface area contributed by atoms with E-state index in [1.807, 2.05) is 73.7 Å². The van der Waals surface area contributed by atoms with Gasteiger partial charge in [-0.2, -0.15) is 0 Å². The fourth-order valence-electron chi connectivity index (χ4n) is 7.86. The van der Waals surface area contributed by atoms with Crippen LogP contribution in [0.5, 0.6) is 0 Å². The summed E-state index contributed by atoms with van der Waals surface area (Å²) < 4.78 is 13.0. The molecule has 2 aromatic carbocycles. The molecule has 2 saturated heterocycles. The van der Waals surface area contributed by atoms with Crippen molar-refractivity contribution in [2.45, 2.75) is 81.9 Å². The van der Waals surface area contributed by atoms with Gasteiger partial charge in [-0.05, 0) is 37.3 Å². The average molecular weight is 656 g/mol. The maximum absolute atomic E-state index is 14.9. The van der Waals surface area contributed by atoms with Crippen LogP contribution in [0.3, 0.4) is 0 Å². The number of carbonyl (C=O) groups excluding carboxylic acids is 4. The summed E-state index contributed by atoms with van der Waals surface area (Å²) in [7, 11) is 0. The minimum absolute atomic E-state index is 0.0708. The van der Waals surface area contributed by atoms with E-state index in [2.05, 4.69) is 12.2 Å². The van der Waals surface area contributed by atoms with Gasteiger partial charge >= 0.3 is 5.97 Å². The molecule has 10 heteroatoms. The summed E-state index contributed by atoms with van der Waals surface area (Å²) in [6.45, 7) is 4.09. The number of nitrogens with zero attached hydrogens (tertiary/aromatic N) is 2. The summed E-state index contributed by atoms with van der Waals surface area (Å²) in [4.78, 5) is 60.0. The van der Waals surface area contributed by atoms with Crippen molar-refractivity contribution in [3.63, 3.8) is 0 Å². The number of amides is 3. The predicted molar refractivity (Wildman–Crippen MR) is 178 cm³/mol. The monoisotopic (exact) mass is 655 g/mol. The van der Waals surface area contributed by atoms with Gasteiger partial charge in [0.25, 0.3) is 0 Å². The number of carbonyl (C=O) groups is 4. The van der Waals surface area contributed by atoms with Gasteiger partial charge in [0.2, 0.25) is 17.7 Å². The number of ether oxygens (including phenoxy) is 2. The number of fused-ring (bicyclic) bond motifs is 2. The highest BCUT2D eigenvalue weighted by Crippen LogP contribution is 2.54. The van der Waals surface area contributed by atoms with Gasteiger partial charge in [0.05, 0.1) is 31.2 Å². The molecule has 4 aliphatic rings. The zero-order valence-corrected chi connectivity index (χ0v) is 27.6. The van der Waals surface area contributed by atoms with Crippen molar-refractivity contribution in [3.05, 3.63) is 96.1 Å². The van der Waals surface area contributed by atoms with Crippen molar-refractivity contribution < 1.29 is 33.8 Å². The van der Waals surface area contributed by atoms with Crippen LogP contribution < -0.4 is 5.32 Å². The Morgan fingerprint density at radius 2 is 1.73 bits per heavy atom. The van der Waals surface area contributed by atoms with Crippen LogP contribution >= 0.6 is 0 Å². The SMILES string of the molecule is CCCC(C)N1CC=C[C@]23O[C@@H]4/C=C\CCC(=O)NC[C@@H](c5ccccc5)OC(=O)[C@@H]4[C@H]2C(=O)N([C@@H](CO)Cc2ccccc2)[C@@H]3C1=O. The molecule has 2 N–H and O–H groups in total.